The molecule has 0 saturated carbocycles. The van der Waals surface area contributed by atoms with Crippen LogP contribution in [0.15, 0.2) is 48.5 Å². The van der Waals surface area contributed by atoms with Crippen LogP contribution in [0, 0.1) is 0 Å². The van der Waals surface area contributed by atoms with Crippen molar-refractivity contribution < 1.29 is 23.0 Å². The highest BCUT2D eigenvalue weighted by molar-refractivity contribution is 5.79. The number of para-hydroxylation sites is 1. The molecule has 2 aromatic rings. The van der Waals surface area contributed by atoms with Crippen molar-refractivity contribution >= 4 is 5.91 Å². The Hall–Kier alpha value is -2.63. The SMILES string of the molecule is COc1ccccc1CC(=O)NC(C)c1ccc(OC(F)F)cc1. The smallest absolute Gasteiger partial charge is 0.387 e. The Morgan fingerprint density at radius 2 is 1.79 bits per heavy atom. The average molecular weight is 335 g/mol. The number of amides is 1. The molecule has 0 aliphatic heterocycles. The van der Waals surface area contributed by atoms with Gasteiger partial charge in [0.2, 0.25) is 5.91 Å². The van der Waals surface area contributed by atoms with Crippen molar-refractivity contribution in [1.82, 2.24) is 5.32 Å². The predicted molar refractivity (Wildman–Crippen MR) is 86.3 cm³/mol. The Morgan fingerprint density at radius 1 is 1.12 bits per heavy atom. The van der Waals surface area contributed by atoms with Crippen LogP contribution in [0.3, 0.4) is 0 Å². The number of methoxy groups -OCH3 is 1. The van der Waals surface area contributed by atoms with Gasteiger partial charge < -0.3 is 14.8 Å². The van der Waals surface area contributed by atoms with Crippen molar-refractivity contribution in [3.8, 4) is 11.5 Å². The maximum Gasteiger partial charge on any atom is 0.387 e. The number of benzene rings is 2. The molecular formula is C18H19F2NO3. The second-order valence-electron chi connectivity index (χ2n) is 5.23. The molecule has 0 aliphatic rings. The lowest BCUT2D eigenvalue weighted by Crippen LogP contribution is -2.28. The van der Waals surface area contributed by atoms with Gasteiger partial charge in [0.1, 0.15) is 11.5 Å². The molecule has 0 heterocycles. The monoisotopic (exact) mass is 335 g/mol. The van der Waals surface area contributed by atoms with Crippen LogP contribution in [0.5, 0.6) is 11.5 Å². The zero-order valence-electron chi connectivity index (χ0n) is 13.5. The van der Waals surface area contributed by atoms with E-state index >= 15 is 0 Å². The molecule has 0 radical (unpaired) electrons. The largest absolute Gasteiger partial charge is 0.496 e. The third kappa shape index (κ3) is 4.94. The van der Waals surface area contributed by atoms with E-state index in [1.54, 1.807) is 25.3 Å². The Balaban J connectivity index is 1.96. The van der Waals surface area contributed by atoms with Crippen molar-refractivity contribution in [1.29, 1.82) is 0 Å². The number of hydrogen-bond acceptors (Lipinski definition) is 3. The summed E-state index contributed by atoms with van der Waals surface area (Å²) in [6, 6.07) is 13.2. The Morgan fingerprint density at radius 3 is 2.42 bits per heavy atom. The lowest BCUT2D eigenvalue weighted by Gasteiger charge is -2.16. The second-order valence-corrected chi connectivity index (χ2v) is 5.23. The summed E-state index contributed by atoms with van der Waals surface area (Å²) in [6.07, 6.45) is 0.195. The van der Waals surface area contributed by atoms with E-state index in [1.165, 1.54) is 12.1 Å². The molecule has 2 rings (SSSR count). The van der Waals surface area contributed by atoms with Crippen LogP contribution < -0.4 is 14.8 Å². The molecule has 0 fully saturated rings. The van der Waals surface area contributed by atoms with Gasteiger partial charge in [-0.3, -0.25) is 4.79 Å². The molecule has 0 bridgehead atoms. The number of rotatable bonds is 7. The van der Waals surface area contributed by atoms with E-state index in [1.807, 2.05) is 25.1 Å². The quantitative estimate of drug-likeness (QED) is 0.839. The lowest BCUT2D eigenvalue weighted by atomic mass is 10.1. The molecule has 1 N–H and O–H groups in total. The number of hydrogen-bond donors (Lipinski definition) is 1. The molecule has 2 aromatic carbocycles. The summed E-state index contributed by atoms with van der Waals surface area (Å²) in [6.45, 7) is -1.03. The molecule has 0 aromatic heterocycles. The van der Waals surface area contributed by atoms with E-state index in [9.17, 15) is 13.6 Å². The number of halogens is 2. The van der Waals surface area contributed by atoms with Crippen LogP contribution in [0.2, 0.25) is 0 Å². The van der Waals surface area contributed by atoms with Gasteiger partial charge in [0.15, 0.2) is 0 Å². The summed E-state index contributed by atoms with van der Waals surface area (Å²) in [7, 11) is 1.56. The van der Waals surface area contributed by atoms with Crippen LogP contribution >= 0.6 is 0 Å². The van der Waals surface area contributed by atoms with Gasteiger partial charge in [0.05, 0.1) is 19.6 Å². The fourth-order valence-corrected chi connectivity index (χ4v) is 2.34. The van der Waals surface area contributed by atoms with Crippen LogP contribution in [0.1, 0.15) is 24.1 Å². The summed E-state index contributed by atoms with van der Waals surface area (Å²) in [5, 5.41) is 2.87. The van der Waals surface area contributed by atoms with Gasteiger partial charge in [-0.1, -0.05) is 30.3 Å². The van der Waals surface area contributed by atoms with Crippen LogP contribution in [0.25, 0.3) is 0 Å². The normalized spacial score (nSPS) is 11.9. The lowest BCUT2D eigenvalue weighted by molar-refractivity contribution is -0.121. The van der Waals surface area contributed by atoms with Crippen molar-refractivity contribution in [2.45, 2.75) is 26.0 Å². The Labute approximate surface area is 139 Å². The summed E-state index contributed by atoms with van der Waals surface area (Å²) < 4.78 is 33.8. The minimum atomic E-state index is -2.85. The van der Waals surface area contributed by atoms with E-state index in [-0.39, 0.29) is 24.1 Å². The fourth-order valence-electron chi connectivity index (χ4n) is 2.34. The first-order chi connectivity index (χ1) is 11.5. The highest BCUT2D eigenvalue weighted by Crippen LogP contribution is 2.20. The first-order valence-electron chi connectivity index (χ1n) is 7.45. The maximum atomic E-state index is 12.2. The number of ether oxygens (including phenoxy) is 2. The minimum Gasteiger partial charge on any atom is -0.496 e. The maximum absolute atomic E-state index is 12.2. The topological polar surface area (TPSA) is 47.6 Å². The van der Waals surface area contributed by atoms with E-state index in [0.29, 0.717) is 5.75 Å². The van der Waals surface area contributed by atoms with Crippen LogP contribution in [-0.4, -0.2) is 19.6 Å². The summed E-state index contributed by atoms with van der Waals surface area (Å²) in [4.78, 5) is 12.2. The van der Waals surface area contributed by atoms with Gasteiger partial charge in [-0.25, -0.2) is 0 Å². The molecule has 24 heavy (non-hydrogen) atoms. The first-order valence-corrected chi connectivity index (χ1v) is 7.45. The second kappa shape index (κ2) is 8.29. The van der Waals surface area contributed by atoms with Crippen molar-refractivity contribution in [3.05, 3.63) is 59.7 Å². The molecule has 4 nitrogen and oxygen atoms in total. The molecule has 1 atom stereocenters. The third-order valence-electron chi connectivity index (χ3n) is 3.53. The highest BCUT2D eigenvalue weighted by Gasteiger charge is 2.13. The van der Waals surface area contributed by atoms with E-state index in [0.717, 1.165) is 11.1 Å². The van der Waals surface area contributed by atoms with E-state index in [2.05, 4.69) is 10.1 Å². The van der Waals surface area contributed by atoms with Gasteiger partial charge in [-0.05, 0) is 30.7 Å². The number of carbonyl (C=O) groups is 1. The van der Waals surface area contributed by atoms with Crippen LogP contribution in [-0.2, 0) is 11.2 Å². The van der Waals surface area contributed by atoms with Crippen molar-refractivity contribution in [2.75, 3.05) is 7.11 Å². The predicted octanol–water partition coefficient (Wildman–Crippen LogP) is 3.72. The standard InChI is InChI=1S/C18H19F2NO3/c1-12(13-7-9-15(10-8-13)24-18(19)20)21-17(22)11-14-5-3-4-6-16(14)23-2/h3-10,12,18H,11H2,1-2H3,(H,21,22). The average Bonchev–Trinajstić information content (AvgIpc) is 2.55. The van der Waals surface area contributed by atoms with Crippen molar-refractivity contribution in [2.24, 2.45) is 0 Å². The summed E-state index contributed by atoms with van der Waals surface area (Å²) in [5.41, 5.74) is 1.59. The van der Waals surface area contributed by atoms with Gasteiger partial charge in [-0.15, -0.1) is 0 Å². The van der Waals surface area contributed by atoms with Crippen LogP contribution in [0.4, 0.5) is 8.78 Å². The zero-order valence-corrected chi connectivity index (χ0v) is 13.5. The number of alkyl halides is 2. The van der Waals surface area contributed by atoms with Gasteiger partial charge in [-0.2, -0.15) is 8.78 Å². The van der Waals surface area contributed by atoms with Gasteiger partial charge in [0, 0.05) is 5.56 Å². The van der Waals surface area contributed by atoms with E-state index in [4.69, 9.17) is 4.74 Å². The number of carbonyl (C=O) groups excluding carboxylic acids is 1. The molecule has 1 unspecified atom stereocenters. The third-order valence-corrected chi connectivity index (χ3v) is 3.53. The van der Waals surface area contributed by atoms with Gasteiger partial charge >= 0.3 is 6.61 Å². The minimum absolute atomic E-state index is 0.0845. The molecule has 128 valence electrons. The summed E-state index contributed by atoms with van der Waals surface area (Å²) in [5.74, 6) is 0.593. The summed E-state index contributed by atoms with van der Waals surface area (Å²) >= 11 is 0. The first kappa shape index (κ1) is 17.7. The molecular weight excluding hydrogens is 316 g/mol. The van der Waals surface area contributed by atoms with Gasteiger partial charge in [0.25, 0.3) is 0 Å². The van der Waals surface area contributed by atoms with Crippen molar-refractivity contribution in [3.63, 3.8) is 0 Å². The molecule has 6 heteroatoms. The highest BCUT2D eigenvalue weighted by atomic mass is 19.3. The van der Waals surface area contributed by atoms with E-state index < -0.39 is 6.61 Å². The number of nitrogens with one attached hydrogen (secondary N) is 1. The fraction of sp³-hybridized carbons (Fsp3) is 0.278. The molecule has 1 amide bonds. The molecule has 0 spiro atoms. The molecule has 0 aliphatic carbocycles. The molecule has 0 saturated heterocycles. The Kier molecular flexibility index (Phi) is 6.12. The zero-order chi connectivity index (χ0) is 17.5. The Bertz CT molecular complexity index is 674.